The number of nitrogens with zero attached hydrogens (tertiary/aromatic N) is 1. The molecule has 0 saturated carbocycles. The van der Waals surface area contributed by atoms with E-state index in [1.165, 1.54) is 4.91 Å². The standard InChI is InChI=1S/C14H17NS/c1-4-8-12(2)16-13(3)11-15-14-9-6-5-7-10-14/h4-11,13H,1H2,2-3H3/b12-8-,15-11?. The third-order valence-corrected chi connectivity index (χ3v) is 2.92. The van der Waals surface area contributed by atoms with Crippen molar-refractivity contribution in [2.45, 2.75) is 19.1 Å². The molecule has 0 amide bonds. The molecule has 1 aromatic rings. The normalized spacial score (nSPS) is 14.0. The SMILES string of the molecule is C=C/C=C(/C)SC(C)C=Nc1ccccc1. The minimum atomic E-state index is 0.372. The largest absolute Gasteiger partial charge is 0.260 e. The number of thioether (sulfide) groups is 1. The predicted molar refractivity (Wildman–Crippen MR) is 75.6 cm³/mol. The van der Waals surface area contributed by atoms with Crippen LogP contribution >= 0.6 is 11.8 Å². The van der Waals surface area contributed by atoms with E-state index in [2.05, 4.69) is 25.4 Å². The molecular formula is C14H17NS. The molecule has 16 heavy (non-hydrogen) atoms. The Morgan fingerprint density at radius 1 is 1.38 bits per heavy atom. The topological polar surface area (TPSA) is 12.4 Å². The molecular weight excluding hydrogens is 214 g/mol. The number of rotatable bonds is 5. The molecule has 84 valence electrons. The molecule has 0 fully saturated rings. The summed E-state index contributed by atoms with van der Waals surface area (Å²) in [5.41, 5.74) is 1.00. The fourth-order valence-electron chi connectivity index (χ4n) is 1.23. The highest BCUT2D eigenvalue weighted by Gasteiger charge is 1.99. The van der Waals surface area contributed by atoms with Gasteiger partial charge in [-0.1, -0.05) is 36.9 Å². The lowest BCUT2D eigenvalue weighted by Gasteiger charge is -2.04. The fraction of sp³-hybridized carbons (Fsp3) is 0.214. The van der Waals surface area contributed by atoms with Crippen LogP contribution in [-0.2, 0) is 0 Å². The van der Waals surface area contributed by atoms with Gasteiger partial charge >= 0.3 is 0 Å². The smallest absolute Gasteiger partial charge is 0.0626 e. The third kappa shape index (κ3) is 4.99. The van der Waals surface area contributed by atoms with E-state index in [0.29, 0.717) is 5.25 Å². The summed E-state index contributed by atoms with van der Waals surface area (Å²) in [5, 5.41) is 0.372. The fourth-order valence-corrected chi connectivity index (χ4v) is 2.12. The van der Waals surface area contributed by atoms with Crippen LogP contribution in [0.25, 0.3) is 0 Å². The Bertz CT molecular complexity index is 379. The quantitative estimate of drug-likeness (QED) is 0.533. The Balaban J connectivity index is 2.51. The van der Waals surface area contributed by atoms with Crippen LogP contribution in [-0.4, -0.2) is 11.5 Å². The van der Waals surface area contributed by atoms with Gasteiger partial charge in [-0.3, -0.25) is 4.99 Å². The molecule has 0 N–H and O–H groups in total. The van der Waals surface area contributed by atoms with Crippen molar-refractivity contribution in [3.05, 3.63) is 54.0 Å². The van der Waals surface area contributed by atoms with Crippen molar-refractivity contribution >= 4 is 23.7 Å². The van der Waals surface area contributed by atoms with Crippen LogP contribution in [0.1, 0.15) is 13.8 Å². The van der Waals surface area contributed by atoms with Gasteiger partial charge in [0.15, 0.2) is 0 Å². The third-order valence-electron chi connectivity index (χ3n) is 1.91. The van der Waals surface area contributed by atoms with E-state index in [1.807, 2.05) is 48.7 Å². The summed E-state index contributed by atoms with van der Waals surface area (Å²) in [6.45, 7) is 7.90. The molecule has 0 heterocycles. The van der Waals surface area contributed by atoms with Crippen molar-refractivity contribution in [2.24, 2.45) is 4.99 Å². The molecule has 1 rings (SSSR count). The van der Waals surface area contributed by atoms with Gasteiger partial charge in [-0.05, 0) is 30.9 Å². The summed E-state index contributed by atoms with van der Waals surface area (Å²) in [6, 6.07) is 9.98. The summed E-state index contributed by atoms with van der Waals surface area (Å²) >= 11 is 1.78. The Hall–Kier alpha value is -1.28. The van der Waals surface area contributed by atoms with Gasteiger partial charge in [0, 0.05) is 11.5 Å². The molecule has 0 aromatic heterocycles. The second-order valence-corrected chi connectivity index (χ2v) is 5.07. The average Bonchev–Trinajstić information content (AvgIpc) is 2.28. The Morgan fingerprint density at radius 3 is 2.69 bits per heavy atom. The van der Waals surface area contributed by atoms with E-state index in [9.17, 15) is 0 Å². The van der Waals surface area contributed by atoms with Gasteiger partial charge in [-0.15, -0.1) is 11.8 Å². The maximum absolute atomic E-state index is 4.42. The van der Waals surface area contributed by atoms with E-state index in [-0.39, 0.29) is 0 Å². The lowest BCUT2D eigenvalue weighted by molar-refractivity contribution is 1.33. The van der Waals surface area contributed by atoms with Gasteiger partial charge in [-0.25, -0.2) is 0 Å². The van der Waals surface area contributed by atoms with Crippen LogP contribution in [0.3, 0.4) is 0 Å². The molecule has 1 unspecified atom stereocenters. The minimum Gasteiger partial charge on any atom is -0.260 e. The van der Waals surface area contributed by atoms with E-state index in [4.69, 9.17) is 0 Å². The summed E-state index contributed by atoms with van der Waals surface area (Å²) in [7, 11) is 0. The zero-order chi connectivity index (χ0) is 11.8. The van der Waals surface area contributed by atoms with Crippen LogP contribution in [0.4, 0.5) is 5.69 Å². The summed E-state index contributed by atoms with van der Waals surface area (Å²) in [4.78, 5) is 5.67. The molecule has 0 spiro atoms. The van der Waals surface area contributed by atoms with Crippen LogP contribution in [0.15, 0.2) is 59.0 Å². The molecule has 0 radical (unpaired) electrons. The van der Waals surface area contributed by atoms with Gasteiger partial charge in [0.05, 0.1) is 5.69 Å². The molecule has 0 saturated heterocycles. The summed E-state index contributed by atoms with van der Waals surface area (Å²) in [6.07, 6.45) is 5.79. The number of hydrogen-bond acceptors (Lipinski definition) is 2. The first-order chi connectivity index (χ1) is 7.72. The highest BCUT2D eigenvalue weighted by atomic mass is 32.2. The first-order valence-electron chi connectivity index (χ1n) is 5.27. The zero-order valence-electron chi connectivity index (χ0n) is 9.76. The van der Waals surface area contributed by atoms with Gasteiger partial charge in [0.25, 0.3) is 0 Å². The Kier molecular flexibility index (Phi) is 5.65. The Labute approximate surface area is 102 Å². The zero-order valence-corrected chi connectivity index (χ0v) is 10.6. The monoisotopic (exact) mass is 231 g/mol. The van der Waals surface area contributed by atoms with E-state index < -0.39 is 0 Å². The lowest BCUT2D eigenvalue weighted by Crippen LogP contribution is -1.96. The predicted octanol–water partition coefficient (Wildman–Crippen LogP) is 4.60. The van der Waals surface area contributed by atoms with E-state index in [0.717, 1.165) is 5.69 Å². The van der Waals surface area contributed by atoms with Gasteiger partial charge < -0.3 is 0 Å². The highest BCUT2D eigenvalue weighted by molar-refractivity contribution is 8.04. The van der Waals surface area contributed by atoms with Crippen molar-refractivity contribution < 1.29 is 0 Å². The molecule has 0 aliphatic rings. The maximum atomic E-state index is 4.42. The van der Waals surface area contributed by atoms with E-state index in [1.54, 1.807) is 11.8 Å². The highest BCUT2D eigenvalue weighted by Crippen LogP contribution is 2.20. The van der Waals surface area contributed by atoms with Crippen molar-refractivity contribution in [3.8, 4) is 0 Å². The Morgan fingerprint density at radius 2 is 2.06 bits per heavy atom. The van der Waals surface area contributed by atoms with Gasteiger partial charge in [-0.2, -0.15) is 0 Å². The van der Waals surface area contributed by atoms with Crippen LogP contribution < -0.4 is 0 Å². The number of aliphatic imine (C=N–C) groups is 1. The number of para-hydroxylation sites is 1. The van der Waals surface area contributed by atoms with Crippen molar-refractivity contribution in [3.63, 3.8) is 0 Å². The summed E-state index contributed by atoms with van der Waals surface area (Å²) in [5.74, 6) is 0. The van der Waals surface area contributed by atoms with Crippen LogP contribution in [0, 0.1) is 0 Å². The number of hydrogen-bond donors (Lipinski definition) is 0. The molecule has 0 aliphatic carbocycles. The van der Waals surface area contributed by atoms with Crippen molar-refractivity contribution in [1.29, 1.82) is 0 Å². The second-order valence-electron chi connectivity index (χ2n) is 3.45. The molecule has 1 aromatic carbocycles. The van der Waals surface area contributed by atoms with Gasteiger partial charge in [0.1, 0.15) is 0 Å². The molecule has 2 heteroatoms. The lowest BCUT2D eigenvalue weighted by atomic mass is 10.3. The molecule has 0 aliphatic heterocycles. The maximum Gasteiger partial charge on any atom is 0.0626 e. The minimum absolute atomic E-state index is 0.372. The van der Waals surface area contributed by atoms with Gasteiger partial charge in [0.2, 0.25) is 0 Å². The first-order valence-corrected chi connectivity index (χ1v) is 6.15. The first kappa shape index (κ1) is 12.8. The van der Waals surface area contributed by atoms with Crippen LogP contribution in [0.2, 0.25) is 0 Å². The summed E-state index contributed by atoms with van der Waals surface area (Å²) < 4.78 is 0. The van der Waals surface area contributed by atoms with E-state index >= 15 is 0 Å². The molecule has 1 nitrogen and oxygen atoms in total. The number of allylic oxidation sites excluding steroid dienone is 3. The van der Waals surface area contributed by atoms with Crippen LogP contribution in [0.5, 0.6) is 0 Å². The van der Waals surface area contributed by atoms with Crippen molar-refractivity contribution in [2.75, 3.05) is 0 Å². The number of benzene rings is 1. The van der Waals surface area contributed by atoms with Crippen molar-refractivity contribution in [1.82, 2.24) is 0 Å². The molecule has 0 bridgehead atoms. The second kappa shape index (κ2) is 7.07. The average molecular weight is 231 g/mol. The molecule has 1 atom stereocenters.